The summed E-state index contributed by atoms with van der Waals surface area (Å²) in [4.78, 5) is 49.1. The molecule has 0 bridgehead atoms. The molecule has 54 heavy (non-hydrogen) atoms. The lowest BCUT2D eigenvalue weighted by molar-refractivity contribution is 0.102. The molecule has 0 aliphatic rings. The molecule has 0 amide bonds. The fourth-order valence-corrected chi connectivity index (χ4v) is 6.09. The second kappa shape index (κ2) is 18.1. The van der Waals surface area contributed by atoms with Crippen molar-refractivity contribution in [1.82, 2.24) is 9.13 Å². The van der Waals surface area contributed by atoms with Crippen LogP contribution in [0.5, 0.6) is 23.0 Å². The Kier molecular flexibility index (Phi) is 13.1. The molecule has 0 atom stereocenters. The summed E-state index contributed by atoms with van der Waals surface area (Å²) < 4.78 is 25.4. The Labute approximate surface area is 322 Å². The predicted octanol–water partition coefficient (Wildman–Crippen LogP) is 9.16. The first-order valence-corrected chi connectivity index (χ1v) is 17.5. The van der Waals surface area contributed by atoms with Crippen LogP contribution in [0.25, 0.3) is 11.4 Å². The molecule has 6 rings (SSSR count). The minimum Gasteiger partial charge on any atom is -0.493 e. The molecule has 0 saturated carbocycles. The van der Waals surface area contributed by atoms with Crippen molar-refractivity contribution in [1.29, 1.82) is 0 Å². The van der Waals surface area contributed by atoms with Crippen molar-refractivity contribution >= 4 is 47.3 Å². The minimum atomic E-state index is -0.277. The third kappa shape index (κ3) is 8.41. The molecular formula is C42H36Cl2N2O8. The number of carbonyl (C=O) groups is 4. The number of halogens is 2. The second-order valence-corrected chi connectivity index (χ2v) is 12.3. The fraction of sp³-hybridized carbons (Fsp3) is 0.143. The number of carbonyl (C=O) groups excluding carboxylic acids is 4. The van der Waals surface area contributed by atoms with Crippen molar-refractivity contribution in [2.45, 2.75) is 13.8 Å². The summed E-state index contributed by atoms with van der Waals surface area (Å²) in [5.74, 6) is 1.19. The summed E-state index contributed by atoms with van der Waals surface area (Å²) in [7, 11) is 3.05. The summed E-state index contributed by atoms with van der Waals surface area (Å²) >= 11 is 12.3. The zero-order valence-corrected chi connectivity index (χ0v) is 31.4. The van der Waals surface area contributed by atoms with Crippen LogP contribution in [0.4, 0.5) is 0 Å². The average molecular weight is 768 g/mol. The van der Waals surface area contributed by atoms with Crippen LogP contribution in [0.1, 0.15) is 66.5 Å². The van der Waals surface area contributed by atoms with Gasteiger partial charge in [-0.15, -0.1) is 0 Å². The van der Waals surface area contributed by atoms with Crippen LogP contribution in [-0.4, -0.2) is 60.7 Å². The number of ketones is 2. The molecule has 0 radical (unpaired) electrons. The maximum Gasteiger partial charge on any atom is 0.199 e. The maximum absolute atomic E-state index is 13.4. The van der Waals surface area contributed by atoms with Crippen molar-refractivity contribution in [3.63, 3.8) is 0 Å². The van der Waals surface area contributed by atoms with Gasteiger partial charge in [-0.1, -0.05) is 35.3 Å². The largest absolute Gasteiger partial charge is 0.493 e. The van der Waals surface area contributed by atoms with Gasteiger partial charge >= 0.3 is 0 Å². The lowest BCUT2D eigenvalue weighted by Crippen LogP contribution is -2.11. The van der Waals surface area contributed by atoms with Crippen LogP contribution in [0, 0.1) is 0 Å². The summed E-state index contributed by atoms with van der Waals surface area (Å²) in [6.45, 7) is 4.45. The maximum atomic E-state index is 13.4. The summed E-state index contributed by atoms with van der Waals surface area (Å²) in [6.07, 6.45) is 6.59. The first-order chi connectivity index (χ1) is 26.2. The van der Waals surface area contributed by atoms with Crippen LogP contribution in [0.2, 0.25) is 10.0 Å². The molecule has 0 N–H and O–H groups in total. The molecule has 12 heteroatoms. The van der Waals surface area contributed by atoms with E-state index in [0.29, 0.717) is 91.1 Å². The first kappa shape index (κ1) is 39.1. The zero-order chi connectivity index (χ0) is 38.8. The monoisotopic (exact) mass is 766 g/mol. The highest BCUT2D eigenvalue weighted by Gasteiger charge is 2.24. The Morgan fingerprint density at radius 2 is 1.17 bits per heavy atom. The molecule has 0 saturated heterocycles. The molecule has 0 unspecified atom stereocenters. The number of aldehydes is 2. The van der Waals surface area contributed by atoms with E-state index in [1.54, 1.807) is 119 Å². The Morgan fingerprint density at radius 1 is 0.630 bits per heavy atom. The van der Waals surface area contributed by atoms with E-state index >= 15 is 0 Å². The van der Waals surface area contributed by atoms with Gasteiger partial charge in [-0.05, 0) is 92.7 Å². The van der Waals surface area contributed by atoms with Crippen molar-refractivity contribution < 1.29 is 38.1 Å². The molecule has 0 aliphatic carbocycles. The number of aromatic nitrogens is 2. The summed E-state index contributed by atoms with van der Waals surface area (Å²) in [5.41, 5.74) is 3.61. The SMILES string of the molecule is CCOc1c(OC)cccc1C(=O)c1cc(Cl)ccc1-n1ccc(C=O)c1.CCOc1c(OC)cccc1C(=O)c1cc(Cl)ccc1-n1cccc1C=O. The zero-order valence-electron chi connectivity index (χ0n) is 29.9. The van der Waals surface area contributed by atoms with Crippen molar-refractivity contribution in [2.75, 3.05) is 27.4 Å². The van der Waals surface area contributed by atoms with Crippen LogP contribution < -0.4 is 18.9 Å². The van der Waals surface area contributed by atoms with E-state index in [9.17, 15) is 19.2 Å². The fourth-order valence-electron chi connectivity index (χ4n) is 5.74. The lowest BCUT2D eigenvalue weighted by atomic mass is 10.00. The smallest absolute Gasteiger partial charge is 0.199 e. The van der Waals surface area contributed by atoms with E-state index < -0.39 is 0 Å². The van der Waals surface area contributed by atoms with Crippen LogP contribution in [0.15, 0.2) is 110 Å². The average Bonchev–Trinajstić information content (AvgIpc) is 3.88. The number of hydrogen-bond acceptors (Lipinski definition) is 8. The Balaban J connectivity index is 0.000000208. The number of nitrogens with zero attached hydrogens (tertiary/aromatic N) is 2. The number of rotatable bonds is 14. The Bertz CT molecular complexity index is 2310. The van der Waals surface area contributed by atoms with Gasteiger partial charge in [0, 0.05) is 45.3 Å². The number of ether oxygens (including phenoxy) is 4. The van der Waals surface area contributed by atoms with Gasteiger partial charge in [-0.25, -0.2) is 0 Å². The second-order valence-electron chi connectivity index (χ2n) is 11.4. The molecule has 4 aromatic carbocycles. The molecule has 0 fully saturated rings. The molecule has 2 aromatic heterocycles. The van der Waals surface area contributed by atoms with Gasteiger partial charge in [-0.3, -0.25) is 19.2 Å². The van der Waals surface area contributed by atoms with Crippen LogP contribution in [0.3, 0.4) is 0 Å². The van der Waals surface area contributed by atoms with Crippen molar-refractivity contribution in [3.05, 3.63) is 153 Å². The minimum absolute atomic E-state index is 0.254. The third-order valence-corrected chi connectivity index (χ3v) is 8.63. The van der Waals surface area contributed by atoms with E-state index in [2.05, 4.69) is 0 Å². The number of benzene rings is 4. The molecule has 2 heterocycles. The molecule has 0 spiro atoms. The van der Waals surface area contributed by atoms with E-state index in [1.807, 2.05) is 13.8 Å². The van der Waals surface area contributed by atoms with E-state index in [1.165, 1.54) is 14.2 Å². The normalized spacial score (nSPS) is 10.5. The molecule has 10 nitrogen and oxygen atoms in total. The van der Waals surface area contributed by atoms with Gasteiger partial charge in [0.2, 0.25) is 0 Å². The highest BCUT2D eigenvalue weighted by atomic mass is 35.5. The van der Waals surface area contributed by atoms with Gasteiger partial charge in [-0.2, -0.15) is 0 Å². The van der Waals surface area contributed by atoms with Crippen molar-refractivity contribution in [3.8, 4) is 34.4 Å². The Morgan fingerprint density at radius 3 is 1.65 bits per heavy atom. The number of hydrogen-bond donors (Lipinski definition) is 0. The molecule has 6 aromatic rings. The van der Waals surface area contributed by atoms with Gasteiger partial charge in [0.15, 0.2) is 47.1 Å². The number of para-hydroxylation sites is 2. The van der Waals surface area contributed by atoms with Gasteiger partial charge in [0.05, 0.1) is 55.6 Å². The lowest BCUT2D eigenvalue weighted by Gasteiger charge is -2.16. The van der Waals surface area contributed by atoms with Gasteiger partial charge in [0.25, 0.3) is 0 Å². The van der Waals surface area contributed by atoms with Crippen LogP contribution in [-0.2, 0) is 0 Å². The standard InChI is InChI=1S/2C21H18ClNO4/c1-3-27-21-16(7-4-8-19(21)26-2)20(25)17-12-14(22)9-10-18(17)23-11-5-6-15(23)13-24;1-3-27-21-16(5-4-6-19(21)26-2)20(25)17-11-15(22)7-8-18(17)23-10-9-14(12-23)13-24/h2*4-13H,3H2,1-2H3. The summed E-state index contributed by atoms with van der Waals surface area (Å²) in [5, 5.41) is 0.855. The van der Waals surface area contributed by atoms with Gasteiger partial charge in [0.1, 0.15) is 0 Å². The highest BCUT2D eigenvalue weighted by Crippen LogP contribution is 2.36. The van der Waals surface area contributed by atoms with E-state index in [4.69, 9.17) is 42.1 Å². The third-order valence-electron chi connectivity index (χ3n) is 8.16. The van der Waals surface area contributed by atoms with Crippen LogP contribution >= 0.6 is 23.2 Å². The Hall–Kier alpha value is -6.10. The molecular weight excluding hydrogens is 731 g/mol. The van der Waals surface area contributed by atoms with E-state index in [0.717, 1.165) is 12.6 Å². The van der Waals surface area contributed by atoms with E-state index in [-0.39, 0.29) is 11.6 Å². The van der Waals surface area contributed by atoms with Gasteiger partial charge < -0.3 is 28.1 Å². The topological polar surface area (TPSA) is 115 Å². The quantitative estimate of drug-likeness (QED) is 0.0797. The van der Waals surface area contributed by atoms with Crippen molar-refractivity contribution in [2.24, 2.45) is 0 Å². The highest BCUT2D eigenvalue weighted by molar-refractivity contribution is 6.32. The molecule has 0 aliphatic heterocycles. The molecule has 276 valence electrons. The predicted molar refractivity (Wildman–Crippen MR) is 208 cm³/mol. The summed E-state index contributed by atoms with van der Waals surface area (Å²) in [6, 6.07) is 25.4. The first-order valence-electron chi connectivity index (χ1n) is 16.7. The number of methoxy groups -OCH3 is 2.